The first-order chi connectivity index (χ1) is 15.0. The van der Waals surface area contributed by atoms with E-state index in [-0.39, 0.29) is 34.4 Å². The summed E-state index contributed by atoms with van der Waals surface area (Å²) in [6, 6.07) is 12.7. The van der Waals surface area contributed by atoms with Gasteiger partial charge < -0.3 is 14.1 Å². The molecule has 0 spiro atoms. The summed E-state index contributed by atoms with van der Waals surface area (Å²) in [5, 5.41) is 8.16. The number of nitrogens with zero attached hydrogens (tertiary/aromatic N) is 3. The van der Waals surface area contributed by atoms with E-state index in [9.17, 15) is 14.0 Å². The number of rotatable bonds is 8. The van der Waals surface area contributed by atoms with Crippen LogP contribution < -0.4 is 9.64 Å². The normalized spacial score (nSPS) is 14.6. The third kappa shape index (κ3) is 5.11. The molecule has 2 aromatic carbocycles. The molecule has 0 radical (unpaired) electrons. The van der Waals surface area contributed by atoms with Gasteiger partial charge in [-0.05, 0) is 61.9 Å². The van der Waals surface area contributed by atoms with Crippen molar-refractivity contribution in [3.05, 3.63) is 65.8 Å². The SMILES string of the molecule is CC(Oc1ccc(F)cc1)c1nnc(SCC(=O)c2ccc(N3CCCC3=O)cc2)o1. The number of ether oxygens (including phenoxy) is 1. The number of anilines is 1. The number of carbonyl (C=O) groups excluding carboxylic acids is 2. The van der Waals surface area contributed by atoms with Crippen molar-refractivity contribution >= 4 is 29.1 Å². The van der Waals surface area contributed by atoms with E-state index in [1.807, 2.05) is 0 Å². The number of thioether (sulfide) groups is 1. The molecule has 1 aliphatic heterocycles. The standard InChI is InChI=1S/C22H20FN3O4S/c1-14(29-18-10-6-16(23)7-11-18)21-24-25-22(30-21)31-13-19(27)15-4-8-17(9-5-15)26-12-2-3-20(26)28/h4-11,14H,2-3,12-13H2,1H3. The molecule has 4 rings (SSSR count). The van der Waals surface area contributed by atoms with Crippen LogP contribution in [-0.4, -0.2) is 34.2 Å². The molecule has 1 aliphatic rings. The quantitative estimate of drug-likeness (QED) is 0.377. The van der Waals surface area contributed by atoms with Crippen LogP contribution in [-0.2, 0) is 4.79 Å². The topological polar surface area (TPSA) is 85.5 Å². The molecule has 1 aromatic heterocycles. The van der Waals surface area contributed by atoms with Crippen LogP contribution in [0.4, 0.5) is 10.1 Å². The largest absolute Gasteiger partial charge is 0.481 e. The summed E-state index contributed by atoms with van der Waals surface area (Å²) in [4.78, 5) is 26.0. The van der Waals surface area contributed by atoms with Gasteiger partial charge in [0, 0.05) is 24.2 Å². The summed E-state index contributed by atoms with van der Waals surface area (Å²) >= 11 is 1.14. The molecule has 31 heavy (non-hydrogen) atoms. The van der Waals surface area contributed by atoms with Crippen molar-refractivity contribution in [1.82, 2.24) is 10.2 Å². The van der Waals surface area contributed by atoms with Crippen LogP contribution in [0, 0.1) is 5.82 Å². The predicted molar refractivity (Wildman–Crippen MR) is 113 cm³/mol. The Hall–Kier alpha value is -3.20. The van der Waals surface area contributed by atoms with Gasteiger partial charge in [0.2, 0.25) is 5.91 Å². The highest BCUT2D eigenvalue weighted by atomic mass is 32.2. The second kappa shape index (κ2) is 9.30. The van der Waals surface area contributed by atoms with Gasteiger partial charge in [0.25, 0.3) is 11.1 Å². The van der Waals surface area contributed by atoms with E-state index < -0.39 is 6.10 Å². The number of hydrogen-bond acceptors (Lipinski definition) is 7. The molecule has 1 saturated heterocycles. The van der Waals surface area contributed by atoms with Crippen LogP contribution in [0.15, 0.2) is 58.2 Å². The van der Waals surface area contributed by atoms with Crippen molar-refractivity contribution in [3.8, 4) is 5.75 Å². The monoisotopic (exact) mass is 441 g/mol. The number of hydrogen-bond donors (Lipinski definition) is 0. The Balaban J connectivity index is 1.31. The number of amides is 1. The van der Waals surface area contributed by atoms with E-state index in [2.05, 4.69) is 10.2 Å². The number of ketones is 1. The van der Waals surface area contributed by atoms with Crippen molar-refractivity contribution in [2.24, 2.45) is 0 Å². The zero-order valence-electron chi connectivity index (χ0n) is 16.8. The molecule has 0 saturated carbocycles. The summed E-state index contributed by atoms with van der Waals surface area (Å²) in [7, 11) is 0. The van der Waals surface area contributed by atoms with Gasteiger partial charge in [0.15, 0.2) is 11.9 Å². The number of aromatic nitrogens is 2. The molecular weight excluding hydrogens is 421 g/mol. The molecule has 9 heteroatoms. The molecule has 1 fully saturated rings. The lowest BCUT2D eigenvalue weighted by Gasteiger charge is -2.15. The average molecular weight is 441 g/mol. The Kier molecular flexibility index (Phi) is 6.31. The molecule has 1 unspecified atom stereocenters. The van der Waals surface area contributed by atoms with Crippen molar-refractivity contribution in [1.29, 1.82) is 0 Å². The Bertz CT molecular complexity index is 1070. The van der Waals surface area contributed by atoms with Gasteiger partial charge in [-0.1, -0.05) is 11.8 Å². The number of benzene rings is 2. The van der Waals surface area contributed by atoms with Crippen molar-refractivity contribution in [2.75, 3.05) is 17.2 Å². The van der Waals surface area contributed by atoms with E-state index in [1.165, 1.54) is 24.3 Å². The van der Waals surface area contributed by atoms with E-state index in [4.69, 9.17) is 9.15 Å². The van der Waals surface area contributed by atoms with Crippen molar-refractivity contribution in [2.45, 2.75) is 31.1 Å². The Morgan fingerprint density at radius 1 is 1.19 bits per heavy atom. The van der Waals surface area contributed by atoms with Gasteiger partial charge in [-0.3, -0.25) is 9.59 Å². The summed E-state index contributed by atoms with van der Waals surface area (Å²) in [5.74, 6) is 0.561. The van der Waals surface area contributed by atoms with Crippen LogP contribution in [0.2, 0.25) is 0 Å². The molecule has 160 valence electrons. The maximum Gasteiger partial charge on any atom is 0.277 e. The van der Waals surface area contributed by atoms with Gasteiger partial charge in [-0.2, -0.15) is 0 Å². The van der Waals surface area contributed by atoms with Crippen LogP contribution >= 0.6 is 11.8 Å². The lowest BCUT2D eigenvalue weighted by molar-refractivity contribution is -0.117. The molecule has 1 amide bonds. The maximum absolute atomic E-state index is 13.0. The first-order valence-corrected chi connectivity index (χ1v) is 10.8. The van der Waals surface area contributed by atoms with Crippen LogP contribution in [0.5, 0.6) is 5.75 Å². The zero-order chi connectivity index (χ0) is 21.8. The van der Waals surface area contributed by atoms with Gasteiger partial charge in [-0.25, -0.2) is 4.39 Å². The summed E-state index contributed by atoms with van der Waals surface area (Å²) in [6.45, 7) is 2.45. The highest BCUT2D eigenvalue weighted by Crippen LogP contribution is 2.25. The molecule has 2 heterocycles. The molecule has 3 aromatic rings. The lowest BCUT2D eigenvalue weighted by Crippen LogP contribution is -2.23. The van der Waals surface area contributed by atoms with Crippen LogP contribution in [0.1, 0.15) is 42.1 Å². The minimum absolute atomic E-state index is 0.0836. The second-order valence-electron chi connectivity index (χ2n) is 7.03. The summed E-state index contributed by atoms with van der Waals surface area (Å²) < 4.78 is 24.2. The third-order valence-corrected chi connectivity index (χ3v) is 5.62. The summed E-state index contributed by atoms with van der Waals surface area (Å²) in [5.41, 5.74) is 1.36. The number of halogens is 1. The first kappa shape index (κ1) is 21.0. The van der Waals surface area contributed by atoms with Gasteiger partial charge in [0.05, 0.1) is 5.75 Å². The van der Waals surface area contributed by atoms with E-state index >= 15 is 0 Å². The Labute approximate surface area is 182 Å². The summed E-state index contributed by atoms with van der Waals surface area (Å²) in [6.07, 6.45) is 0.899. The van der Waals surface area contributed by atoms with Crippen LogP contribution in [0.3, 0.4) is 0 Å². The highest BCUT2D eigenvalue weighted by Gasteiger charge is 2.22. The average Bonchev–Trinajstić information content (AvgIpc) is 3.43. The third-order valence-electron chi connectivity index (χ3n) is 4.80. The van der Waals surface area contributed by atoms with Gasteiger partial charge in [0.1, 0.15) is 11.6 Å². The molecular formula is C22H20FN3O4S. The first-order valence-electron chi connectivity index (χ1n) is 9.81. The van der Waals surface area contributed by atoms with Gasteiger partial charge >= 0.3 is 0 Å². The minimum Gasteiger partial charge on any atom is -0.481 e. The van der Waals surface area contributed by atoms with Crippen molar-refractivity contribution < 1.29 is 23.1 Å². The Morgan fingerprint density at radius 3 is 2.61 bits per heavy atom. The van der Waals surface area contributed by atoms with E-state index in [1.54, 1.807) is 36.1 Å². The fraction of sp³-hybridized carbons (Fsp3) is 0.273. The van der Waals surface area contributed by atoms with Crippen LogP contribution in [0.25, 0.3) is 0 Å². The predicted octanol–water partition coefficient (Wildman–Crippen LogP) is 4.45. The van der Waals surface area contributed by atoms with Gasteiger partial charge in [-0.15, -0.1) is 10.2 Å². The fourth-order valence-electron chi connectivity index (χ4n) is 3.17. The number of Topliss-reactive ketones (excluding diaryl/α,β-unsaturated/α-hetero) is 1. The minimum atomic E-state index is -0.524. The second-order valence-corrected chi connectivity index (χ2v) is 7.95. The van der Waals surface area contributed by atoms with E-state index in [0.717, 1.165) is 23.9 Å². The van der Waals surface area contributed by atoms with Crippen molar-refractivity contribution in [3.63, 3.8) is 0 Å². The number of carbonyl (C=O) groups is 2. The molecule has 7 nitrogen and oxygen atoms in total. The highest BCUT2D eigenvalue weighted by molar-refractivity contribution is 7.99. The molecule has 0 bridgehead atoms. The van der Waals surface area contributed by atoms with E-state index in [0.29, 0.717) is 24.3 Å². The maximum atomic E-state index is 13.0. The molecule has 1 atom stereocenters. The lowest BCUT2D eigenvalue weighted by atomic mass is 10.1. The smallest absolute Gasteiger partial charge is 0.277 e. The molecule has 0 aliphatic carbocycles. The Morgan fingerprint density at radius 2 is 1.94 bits per heavy atom. The zero-order valence-corrected chi connectivity index (χ0v) is 17.6. The fourth-order valence-corrected chi connectivity index (χ4v) is 3.83. The molecule has 0 N–H and O–H groups in total.